The van der Waals surface area contributed by atoms with E-state index in [9.17, 15) is 4.79 Å². The maximum atomic E-state index is 12.2. The van der Waals surface area contributed by atoms with Gasteiger partial charge >= 0.3 is 0 Å². The minimum atomic E-state index is -0.0455. The molecule has 2 aromatic rings. The van der Waals surface area contributed by atoms with Crippen LogP contribution in [0.2, 0.25) is 0 Å². The van der Waals surface area contributed by atoms with Gasteiger partial charge < -0.3 is 9.84 Å². The molecule has 3 heterocycles. The van der Waals surface area contributed by atoms with Gasteiger partial charge in [-0.15, -0.1) is 0 Å². The van der Waals surface area contributed by atoms with Crippen LogP contribution in [0, 0.1) is 0 Å². The van der Waals surface area contributed by atoms with Crippen molar-refractivity contribution in [1.82, 2.24) is 20.0 Å². The lowest BCUT2D eigenvalue weighted by molar-refractivity contribution is -0.117. The molecule has 2 fully saturated rings. The number of aromatic nitrogens is 3. The van der Waals surface area contributed by atoms with Gasteiger partial charge in [-0.3, -0.25) is 14.7 Å². The van der Waals surface area contributed by atoms with Crippen molar-refractivity contribution < 1.29 is 9.32 Å². The Morgan fingerprint density at radius 2 is 2.30 bits per heavy atom. The Bertz CT molecular complexity index is 683. The minimum absolute atomic E-state index is 0.0455. The highest BCUT2D eigenvalue weighted by molar-refractivity contribution is 5.92. The molecule has 1 atom stereocenters. The molecule has 1 aliphatic heterocycles. The van der Waals surface area contributed by atoms with E-state index >= 15 is 0 Å². The molecule has 23 heavy (non-hydrogen) atoms. The smallest absolute Gasteiger partial charge is 0.238 e. The van der Waals surface area contributed by atoms with Gasteiger partial charge in [-0.1, -0.05) is 5.16 Å². The molecule has 0 aromatic carbocycles. The highest BCUT2D eigenvalue weighted by atomic mass is 16.5. The first kappa shape index (κ1) is 14.3. The number of likely N-dealkylation sites (tertiary alicyclic amines) is 1. The number of carbonyl (C=O) groups is 1. The lowest BCUT2D eigenvalue weighted by atomic mass is 10.2. The summed E-state index contributed by atoms with van der Waals surface area (Å²) in [5, 5.41) is 7.00. The van der Waals surface area contributed by atoms with E-state index in [1.807, 2.05) is 6.07 Å². The molecule has 7 heteroatoms. The Morgan fingerprint density at radius 1 is 1.39 bits per heavy atom. The molecular weight excluding hydrogens is 294 g/mol. The summed E-state index contributed by atoms with van der Waals surface area (Å²) >= 11 is 0. The summed E-state index contributed by atoms with van der Waals surface area (Å²) in [7, 11) is 0. The van der Waals surface area contributed by atoms with Crippen molar-refractivity contribution in [1.29, 1.82) is 0 Å². The van der Waals surface area contributed by atoms with Crippen molar-refractivity contribution in [3.63, 3.8) is 0 Å². The topological polar surface area (TPSA) is 84.2 Å². The standard InChI is InChI=1S/C16H19N5O2/c22-14(18-12-3-1-7-17-9-12)10-21-8-2-4-13(21)15-19-16(23-20-15)11-5-6-11/h1,3,7,9,11,13H,2,4-6,8,10H2,(H,18,22). The van der Waals surface area contributed by atoms with Gasteiger partial charge in [0.15, 0.2) is 5.82 Å². The predicted molar refractivity (Wildman–Crippen MR) is 82.7 cm³/mol. The summed E-state index contributed by atoms with van der Waals surface area (Å²) in [5.74, 6) is 1.89. The predicted octanol–water partition coefficient (Wildman–Crippen LogP) is 2.12. The van der Waals surface area contributed by atoms with E-state index in [4.69, 9.17) is 4.52 Å². The van der Waals surface area contributed by atoms with E-state index in [0.717, 1.165) is 43.9 Å². The van der Waals surface area contributed by atoms with Crippen molar-refractivity contribution in [2.45, 2.75) is 37.6 Å². The number of hydrogen-bond acceptors (Lipinski definition) is 6. The SMILES string of the molecule is O=C(CN1CCCC1c1noc(C2CC2)n1)Nc1cccnc1. The van der Waals surface area contributed by atoms with E-state index in [0.29, 0.717) is 18.2 Å². The molecule has 2 aliphatic rings. The molecule has 1 saturated heterocycles. The fourth-order valence-electron chi connectivity index (χ4n) is 3.01. The maximum absolute atomic E-state index is 12.2. The average Bonchev–Trinajstić information content (AvgIpc) is 3.11. The summed E-state index contributed by atoms with van der Waals surface area (Å²) in [6, 6.07) is 3.70. The van der Waals surface area contributed by atoms with Gasteiger partial charge in [0.1, 0.15) is 0 Å². The number of nitrogens with one attached hydrogen (secondary N) is 1. The highest BCUT2D eigenvalue weighted by Crippen LogP contribution is 2.40. The summed E-state index contributed by atoms with van der Waals surface area (Å²) in [6.45, 7) is 1.20. The zero-order valence-corrected chi connectivity index (χ0v) is 12.8. The van der Waals surface area contributed by atoms with Crippen molar-refractivity contribution >= 4 is 11.6 Å². The molecule has 1 N–H and O–H groups in total. The summed E-state index contributed by atoms with van der Waals surface area (Å²) in [5.41, 5.74) is 0.712. The first-order chi connectivity index (χ1) is 11.3. The van der Waals surface area contributed by atoms with Crippen LogP contribution in [0.5, 0.6) is 0 Å². The van der Waals surface area contributed by atoms with Gasteiger partial charge in [-0.25, -0.2) is 0 Å². The first-order valence-corrected chi connectivity index (χ1v) is 8.07. The third-order valence-electron chi connectivity index (χ3n) is 4.34. The Kier molecular flexibility index (Phi) is 3.78. The Labute approximate surface area is 134 Å². The van der Waals surface area contributed by atoms with E-state index in [2.05, 4.69) is 25.3 Å². The number of rotatable bonds is 5. The van der Waals surface area contributed by atoms with E-state index in [1.54, 1.807) is 18.5 Å². The molecule has 0 radical (unpaired) electrons. The van der Waals surface area contributed by atoms with Crippen LogP contribution >= 0.6 is 0 Å². The molecule has 1 unspecified atom stereocenters. The number of pyridine rings is 1. The average molecular weight is 313 g/mol. The Morgan fingerprint density at radius 3 is 3.09 bits per heavy atom. The van der Waals surface area contributed by atoms with Crippen LogP contribution in [0.15, 0.2) is 29.0 Å². The highest BCUT2D eigenvalue weighted by Gasteiger charge is 2.34. The van der Waals surface area contributed by atoms with Gasteiger partial charge in [-0.05, 0) is 44.4 Å². The van der Waals surface area contributed by atoms with Crippen molar-refractivity contribution in [2.24, 2.45) is 0 Å². The quantitative estimate of drug-likeness (QED) is 0.910. The van der Waals surface area contributed by atoms with Gasteiger partial charge in [-0.2, -0.15) is 4.98 Å². The fraction of sp³-hybridized carbons (Fsp3) is 0.500. The van der Waals surface area contributed by atoms with Gasteiger partial charge in [0.2, 0.25) is 11.8 Å². The molecule has 7 nitrogen and oxygen atoms in total. The molecular formula is C16H19N5O2. The van der Waals surface area contributed by atoms with Crippen LogP contribution < -0.4 is 5.32 Å². The third-order valence-corrected chi connectivity index (χ3v) is 4.34. The molecule has 2 aromatic heterocycles. The second kappa shape index (κ2) is 6.08. The lowest BCUT2D eigenvalue weighted by Gasteiger charge is -2.21. The second-order valence-corrected chi connectivity index (χ2v) is 6.18. The summed E-state index contributed by atoms with van der Waals surface area (Å²) in [6.07, 6.45) is 7.61. The number of hydrogen-bond donors (Lipinski definition) is 1. The summed E-state index contributed by atoms with van der Waals surface area (Å²) < 4.78 is 5.35. The van der Waals surface area contributed by atoms with Crippen molar-refractivity contribution in [3.05, 3.63) is 36.2 Å². The molecule has 1 saturated carbocycles. The monoisotopic (exact) mass is 313 g/mol. The van der Waals surface area contributed by atoms with Crippen LogP contribution in [0.25, 0.3) is 0 Å². The van der Waals surface area contributed by atoms with Crippen LogP contribution in [-0.4, -0.2) is 39.0 Å². The maximum Gasteiger partial charge on any atom is 0.238 e. The third kappa shape index (κ3) is 3.24. The van der Waals surface area contributed by atoms with E-state index in [1.165, 1.54) is 0 Å². The van der Waals surface area contributed by atoms with Crippen LogP contribution in [0.1, 0.15) is 49.4 Å². The Balaban J connectivity index is 1.39. The first-order valence-electron chi connectivity index (χ1n) is 8.07. The van der Waals surface area contributed by atoms with Crippen LogP contribution in [-0.2, 0) is 4.79 Å². The Hall–Kier alpha value is -2.28. The van der Waals surface area contributed by atoms with Crippen LogP contribution in [0.4, 0.5) is 5.69 Å². The molecule has 4 rings (SSSR count). The number of nitrogens with zero attached hydrogens (tertiary/aromatic N) is 4. The zero-order chi connectivity index (χ0) is 15.6. The second-order valence-electron chi connectivity index (χ2n) is 6.18. The van der Waals surface area contributed by atoms with E-state index < -0.39 is 0 Å². The molecule has 0 bridgehead atoms. The van der Waals surface area contributed by atoms with Crippen LogP contribution in [0.3, 0.4) is 0 Å². The van der Waals surface area contributed by atoms with Gasteiger partial charge in [0.05, 0.1) is 24.5 Å². The fourth-order valence-corrected chi connectivity index (χ4v) is 3.01. The van der Waals surface area contributed by atoms with Crippen molar-refractivity contribution in [3.8, 4) is 0 Å². The molecule has 0 spiro atoms. The normalized spacial score (nSPS) is 21.5. The molecule has 1 amide bonds. The van der Waals surface area contributed by atoms with Gasteiger partial charge in [0.25, 0.3) is 0 Å². The largest absolute Gasteiger partial charge is 0.339 e. The molecule has 1 aliphatic carbocycles. The zero-order valence-electron chi connectivity index (χ0n) is 12.8. The van der Waals surface area contributed by atoms with E-state index in [-0.39, 0.29) is 11.9 Å². The number of amides is 1. The summed E-state index contributed by atoms with van der Waals surface area (Å²) in [4.78, 5) is 22.9. The lowest BCUT2D eigenvalue weighted by Crippen LogP contribution is -2.33. The van der Waals surface area contributed by atoms with Gasteiger partial charge in [0, 0.05) is 12.1 Å². The number of anilines is 1. The number of carbonyl (C=O) groups excluding carboxylic acids is 1. The minimum Gasteiger partial charge on any atom is -0.339 e. The molecule has 120 valence electrons. The van der Waals surface area contributed by atoms with Crippen molar-refractivity contribution in [2.75, 3.05) is 18.4 Å².